The molecule has 0 aromatic carbocycles. The zero-order chi connectivity index (χ0) is 11.3. The average Bonchev–Trinajstić information content (AvgIpc) is 2.24. The average molecular weight is 215 g/mol. The minimum atomic E-state index is -1.08. The largest absolute Gasteiger partial charge is 0.388 e. The second-order valence-electron chi connectivity index (χ2n) is 4.04. The van der Waals surface area contributed by atoms with Crippen molar-refractivity contribution in [2.45, 2.75) is 50.5 Å². The zero-order valence-electron chi connectivity index (χ0n) is 9.13. The molecule has 4 atom stereocenters. The molecule has 0 saturated heterocycles. The molecule has 1 aliphatic rings. The molecule has 0 bridgehead atoms. The monoisotopic (exact) mass is 215 g/mol. The Kier molecular flexibility index (Phi) is 5.25. The quantitative estimate of drug-likeness (QED) is 0.378. The van der Waals surface area contributed by atoms with E-state index < -0.39 is 18.3 Å². The summed E-state index contributed by atoms with van der Waals surface area (Å²) >= 11 is 0. The maximum Gasteiger partial charge on any atom is 0.111 e. The maximum atomic E-state index is 9.64. The lowest BCUT2D eigenvalue weighted by molar-refractivity contribution is -0.0564. The van der Waals surface area contributed by atoms with Gasteiger partial charge in [0, 0.05) is 0 Å². The van der Waals surface area contributed by atoms with Gasteiger partial charge in [0.1, 0.15) is 18.3 Å². The number of aliphatic hydroxyl groups excluding tert-OH is 3. The van der Waals surface area contributed by atoms with E-state index >= 15 is 0 Å². The summed E-state index contributed by atoms with van der Waals surface area (Å²) < 4.78 is 0. The highest BCUT2D eigenvalue weighted by atomic mass is 16.4. The van der Waals surface area contributed by atoms with Crippen molar-refractivity contribution >= 4 is 0 Å². The van der Waals surface area contributed by atoms with Crippen LogP contribution in [0.15, 0.2) is 12.2 Å². The van der Waals surface area contributed by atoms with Gasteiger partial charge in [-0.1, -0.05) is 31.9 Å². The topological polar surface area (TPSA) is 72.7 Å². The Bertz CT molecular complexity index is 208. The zero-order valence-corrected chi connectivity index (χ0v) is 9.13. The molecule has 88 valence electrons. The van der Waals surface area contributed by atoms with Crippen LogP contribution in [0.3, 0.4) is 0 Å². The second kappa shape index (κ2) is 6.23. The van der Waals surface area contributed by atoms with E-state index in [9.17, 15) is 15.3 Å². The summed E-state index contributed by atoms with van der Waals surface area (Å²) in [6.07, 6.45) is 3.66. The molecule has 0 radical (unpaired) electrons. The van der Waals surface area contributed by atoms with Gasteiger partial charge in [0.05, 0.1) is 6.04 Å². The summed E-state index contributed by atoms with van der Waals surface area (Å²) in [5.41, 5.74) is 0. The van der Waals surface area contributed by atoms with Gasteiger partial charge in [-0.05, 0) is 13.0 Å². The number of aliphatic hydroxyl groups is 3. The van der Waals surface area contributed by atoms with Crippen LogP contribution in [0.5, 0.6) is 0 Å². The highest BCUT2D eigenvalue weighted by Gasteiger charge is 2.32. The first kappa shape index (κ1) is 12.6. The highest BCUT2D eigenvalue weighted by Crippen LogP contribution is 2.13. The van der Waals surface area contributed by atoms with Crippen LogP contribution in [0.4, 0.5) is 0 Å². The molecule has 1 rings (SSSR count). The van der Waals surface area contributed by atoms with Gasteiger partial charge in [-0.3, -0.25) is 0 Å². The molecule has 4 nitrogen and oxygen atoms in total. The van der Waals surface area contributed by atoms with Gasteiger partial charge in [-0.25, -0.2) is 0 Å². The van der Waals surface area contributed by atoms with Crippen LogP contribution in [-0.4, -0.2) is 46.2 Å². The first-order chi connectivity index (χ1) is 7.16. The van der Waals surface area contributed by atoms with Crippen LogP contribution < -0.4 is 5.32 Å². The molecule has 4 N–H and O–H groups in total. The Labute approximate surface area is 90.6 Å². The van der Waals surface area contributed by atoms with E-state index in [-0.39, 0.29) is 6.04 Å². The van der Waals surface area contributed by atoms with Crippen molar-refractivity contribution in [3.05, 3.63) is 12.2 Å². The van der Waals surface area contributed by atoms with Gasteiger partial charge in [0.25, 0.3) is 0 Å². The van der Waals surface area contributed by atoms with E-state index in [0.717, 1.165) is 25.8 Å². The third kappa shape index (κ3) is 3.57. The number of nitrogens with one attached hydrogen (secondary N) is 1. The van der Waals surface area contributed by atoms with Crippen LogP contribution in [0, 0.1) is 0 Å². The molecule has 0 fully saturated rings. The van der Waals surface area contributed by atoms with E-state index in [1.807, 2.05) is 0 Å². The van der Waals surface area contributed by atoms with Gasteiger partial charge >= 0.3 is 0 Å². The van der Waals surface area contributed by atoms with E-state index in [2.05, 4.69) is 12.2 Å². The Morgan fingerprint density at radius 1 is 1.07 bits per heavy atom. The fourth-order valence-corrected chi connectivity index (χ4v) is 1.71. The standard InChI is InChI=1S/C11H21NO3/c1-2-3-4-7-12-8-5-6-9(13)11(15)10(8)14/h5-6,8-15H,2-4,7H2,1H3/t8-,9+,10+,11+/m1/s1. The fourth-order valence-electron chi connectivity index (χ4n) is 1.71. The van der Waals surface area contributed by atoms with E-state index in [1.54, 1.807) is 6.08 Å². The Hall–Kier alpha value is -0.420. The van der Waals surface area contributed by atoms with Crippen LogP contribution in [0.1, 0.15) is 26.2 Å². The third-order valence-electron chi connectivity index (χ3n) is 2.74. The van der Waals surface area contributed by atoms with E-state index in [1.165, 1.54) is 6.08 Å². The number of hydrogen-bond donors (Lipinski definition) is 4. The molecule has 0 saturated carbocycles. The maximum absolute atomic E-state index is 9.64. The van der Waals surface area contributed by atoms with Crippen molar-refractivity contribution in [3.8, 4) is 0 Å². The minimum Gasteiger partial charge on any atom is -0.388 e. The smallest absolute Gasteiger partial charge is 0.111 e. The van der Waals surface area contributed by atoms with Gasteiger partial charge in [0.15, 0.2) is 0 Å². The normalized spacial score (nSPS) is 35.7. The molecule has 0 aliphatic heterocycles. The van der Waals surface area contributed by atoms with Gasteiger partial charge in [-0.2, -0.15) is 0 Å². The SMILES string of the molecule is CCCCCN[C@@H]1C=C[C@H](O)[C@H](O)[C@H]1O. The molecule has 0 aromatic rings. The van der Waals surface area contributed by atoms with Gasteiger partial charge in [-0.15, -0.1) is 0 Å². The first-order valence-corrected chi connectivity index (χ1v) is 5.62. The minimum absolute atomic E-state index is 0.250. The summed E-state index contributed by atoms with van der Waals surface area (Å²) in [6, 6.07) is -0.250. The second-order valence-corrected chi connectivity index (χ2v) is 4.04. The van der Waals surface area contributed by atoms with Crippen LogP contribution >= 0.6 is 0 Å². The van der Waals surface area contributed by atoms with Crippen molar-refractivity contribution in [1.82, 2.24) is 5.32 Å². The van der Waals surface area contributed by atoms with Crippen molar-refractivity contribution in [3.63, 3.8) is 0 Å². The molecule has 0 amide bonds. The molecular formula is C11H21NO3. The predicted molar refractivity (Wildman–Crippen MR) is 58.5 cm³/mol. The predicted octanol–water partition coefficient (Wildman–Crippen LogP) is -0.213. The Morgan fingerprint density at radius 3 is 2.47 bits per heavy atom. The molecule has 1 aliphatic carbocycles. The Balaban J connectivity index is 2.32. The lowest BCUT2D eigenvalue weighted by Crippen LogP contribution is -2.52. The highest BCUT2D eigenvalue weighted by molar-refractivity contribution is 5.10. The first-order valence-electron chi connectivity index (χ1n) is 5.62. The van der Waals surface area contributed by atoms with Crippen molar-refractivity contribution in [1.29, 1.82) is 0 Å². The molecule has 4 heteroatoms. The number of rotatable bonds is 5. The fraction of sp³-hybridized carbons (Fsp3) is 0.818. The number of hydrogen-bond acceptors (Lipinski definition) is 4. The molecular weight excluding hydrogens is 194 g/mol. The lowest BCUT2D eigenvalue weighted by Gasteiger charge is -2.31. The molecule has 0 spiro atoms. The molecule has 0 heterocycles. The van der Waals surface area contributed by atoms with Gasteiger partial charge < -0.3 is 20.6 Å². The van der Waals surface area contributed by atoms with Crippen LogP contribution in [0.2, 0.25) is 0 Å². The molecule has 0 aromatic heterocycles. The lowest BCUT2D eigenvalue weighted by atomic mass is 9.94. The van der Waals surface area contributed by atoms with E-state index in [4.69, 9.17) is 0 Å². The molecule has 0 unspecified atom stereocenters. The summed E-state index contributed by atoms with van der Waals surface area (Å²) in [5, 5.41) is 31.5. The van der Waals surface area contributed by atoms with Crippen LogP contribution in [0.25, 0.3) is 0 Å². The summed E-state index contributed by atoms with van der Waals surface area (Å²) in [4.78, 5) is 0. The van der Waals surface area contributed by atoms with Crippen molar-refractivity contribution < 1.29 is 15.3 Å². The summed E-state index contributed by atoms with van der Waals surface area (Å²) in [6.45, 7) is 2.96. The van der Waals surface area contributed by atoms with E-state index in [0.29, 0.717) is 0 Å². The van der Waals surface area contributed by atoms with Crippen molar-refractivity contribution in [2.24, 2.45) is 0 Å². The van der Waals surface area contributed by atoms with Crippen molar-refractivity contribution in [2.75, 3.05) is 6.54 Å². The Morgan fingerprint density at radius 2 is 1.80 bits per heavy atom. The van der Waals surface area contributed by atoms with Crippen LogP contribution in [-0.2, 0) is 0 Å². The van der Waals surface area contributed by atoms with Gasteiger partial charge in [0.2, 0.25) is 0 Å². The summed E-state index contributed by atoms with van der Waals surface area (Å²) in [7, 11) is 0. The third-order valence-corrected chi connectivity index (χ3v) is 2.74. The summed E-state index contributed by atoms with van der Waals surface area (Å²) in [5.74, 6) is 0. The molecule has 15 heavy (non-hydrogen) atoms. The number of unbranched alkanes of at least 4 members (excludes halogenated alkanes) is 2.